The highest BCUT2D eigenvalue weighted by Crippen LogP contribution is 2.37. The third-order valence-electron chi connectivity index (χ3n) is 5.23. The third kappa shape index (κ3) is 3.62. The van der Waals surface area contributed by atoms with Gasteiger partial charge >= 0.3 is 0 Å². The first-order valence-corrected chi connectivity index (χ1v) is 9.12. The van der Waals surface area contributed by atoms with Crippen molar-refractivity contribution in [2.24, 2.45) is 11.1 Å². The Morgan fingerprint density at radius 1 is 1.19 bits per heavy atom. The van der Waals surface area contributed by atoms with E-state index in [1.807, 2.05) is 43.3 Å². The van der Waals surface area contributed by atoms with E-state index in [2.05, 4.69) is 4.98 Å². The molecule has 2 N–H and O–H groups in total. The first-order valence-electron chi connectivity index (χ1n) is 9.12. The number of likely N-dealkylation sites (tertiary alicyclic amines) is 1. The molecule has 26 heavy (non-hydrogen) atoms. The predicted octanol–water partition coefficient (Wildman–Crippen LogP) is 2.80. The first-order chi connectivity index (χ1) is 12.6. The fraction of sp³-hybridized carbons (Fsp3) is 0.381. The molecule has 1 atom stereocenters. The van der Waals surface area contributed by atoms with Crippen LogP contribution in [-0.4, -0.2) is 34.8 Å². The molecule has 5 nitrogen and oxygen atoms in total. The summed E-state index contributed by atoms with van der Waals surface area (Å²) in [5, 5.41) is 0. The Morgan fingerprint density at radius 3 is 2.62 bits per heavy atom. The van der Waals surface area contributed by atoms with Crippen molar-refractivity contribution in [3.63, 3.8) is 0 Å². The Labute approximate surface area is 154 Å². The van der Waals surface area contributed by atoms with E-state index in [4.69, 9.17) is 5.73 Å². The minimum atomic E-state index is -0.702. The van der Waals surface area contributed by atoms with Gasteiger partial charge in [0.25, 0.3) is 0 Å². The number of hydrogen-bond donors (Lipinski definition) is 1. The van der Waals surface area contributed by atoms with Gasteiger partial charge in [-0.3, -0.25) is 14.6 Å². The highest BCUT2D eigenvalue weighted by atomic mass is 16.2. The van der Waals surface area contributed by atoms with Crippen molar-refractivity contribution in [2.45, 2.75) is 32.6 Å². The molecule has 1 unspecified atom stereocenters. The minimum absolute atomic E-state index is 0.109. The standard InChI is InChI=1S/C21H25N3O2/c1-2-5-19(25)24-13-10-21(15-24,20(22)26)14-17-6-3-4-7-18(17)16-8-11-23-12-9-16/h3-4,6-9,11-12H,2,5,10,13-15H2,1H3,(H2,22,26). The first kappa shape index (κ1) is 18.1. The zero-order chi connectivity index (χ0) is 18.6. The SMILES string of the molecule is CCCC(=O)N1CCC(Cc2ccccc2-c2ccncc2)(C(N)=O)C1. The summed E-state index contributed by atoms with van der Waals surface area (Å²) in [6.07, 6.45) is 6.00. The quantitative estimate of drug-likeness (QED) is 0.869. The van der Waals surface area contributed by atoms with Gasteiger partial charge in [-0.2, -0.15) is 0 Å². The Kier molecular flexibility index (Phi) is 5.35. The molecule has 0 radical (unpaired) electrons. The average molecular weight is 351 g/mol. The Morgan fingerprint density at radius 2 is 1.92 bits per heavy atom. The van der Waals surface area contributed by atoms with E-state index in [1.54, 1.807) is 17.3 Å². The number of hydrogen-bond acceptors (Lipinski definition) is 3. The van der Waals surface area contributed by atoms with Crippen molar-refractivity contribution in [2.75, 3.05) is 13.1 Å². The topological polar surface area (TPSA) is 76.3 Å². The number of aromatic nitrogens is 1. The summed E-state index contributed by atoms with van der Waals surface area (Å²) in [5.41, 5.74) is 8.33. The number of nitrogens with zero attached hydrogens (tertiary/aromatic N) is 2. The molecule has 0 saturated carbocycles. The molecule has 136 valence electrons. The van der Waals surface area contributed by atoms with Crippen LogP contribution in [0.4, 0.5) is 0 Å². The maximum atomic E-state index is 12.4. The number of primary amides is 1. The van der Waals surface area contributed by atoms with E-state index in [0.29, 0.717) is 32.4 Å². The van der Waals surface area contributed by atoms with Crippen LogP contribution < -0.4 is 5.73 Å². The molecule has 0 bridgehead atoms. The van der Waals surface area contributed by atoms with Crippen LogP contribution >= 0.6 is 0 Å². The van der Waals surface area contributed by atoms with Gasteiger partial charge in [0.1, 0.15) is 0 Å². The van der Waals surface area contributed by atoms with E-state index in [0.717, 1.165) is 23.1 Å². The monoisotopic (exact) mass is 351 g/mol. The Balaban J connectivity index is 1.89. The molecule has 2 amide bonds. The van der Waals surface area contributed by atoms with Gasteiger partial charge < -0.3 is 10.6 Å². The maximum absolute atomic E-state index is 12.4. The summed E-state index contributed by atoms with van der Waals surface area (Å²) in [7, 11) is 0. The highest BCUT2D eigenvalue weighted by Gasteiger charge is 2.44. The molecule has 3 rings (SSSR count). The number of pyridine rings is 1. The van der Waals surface area contributed by atoms with Crippen LogP contribution in [0.15, 0.2) is 48.8 Å². The fourth-order valence-corrected chi connectivity index (χ4v) is 3.74. The smallest absolute Gasteiger partial charge is 0.225 e. The van der Waals surface area contributed by atoms with Gasteiger partial charge in [-0.05, 0) is 48.1 Å². The fourth-order valence-electron chi connectivity index (χ4n) is 3.74. The molecule has 1 fully saturated rings. The number of amides is 2. The molecule has 1 aromatic heterocycles. The second kappa shape index (κ2) is 7.68. The van der Waals surface area contributed by atoms with Crippen molar-refractivity contribution in [1.82, 2.24) is 9.88 Å². The van der Waals surface area contributed by atoms with Crippen LogP contribution in [0.25, 0.3) is 11.1 Å². The average Bonchev–Trinajstić information content (AvgIpc) is 3.09. The lowest BCUT2D eigenvalue weighted by Crippen LogP contribution is -2.42. The lowest BCUT2D eigenvalue weighted by Gasteiger charge is -2.27. The van der Waals surface area contributed by atoms with Gasteiger partial charge in [-0.1, -0.05) is 31.2 Å². The molecule has 1 aliphatic rings. The number of nitrogens with two attached hydrogens (primary N) is 1. The molecule has 1 aromatic carbocycles. The second-order valence-corrected chi connectivity index (χ2v) is 7.03. The van der Waals surface area contributed by atoms with Crippen molar-refractivity contribution in [3.05, 3.63) is 54.4 Å². The highest BCUT2D eigenvalue weighted by molar-refractivity contribution is 5.85. The number of carbonyl (C=O) groups excluding carboxylic acids is 2. The summed E-state index contributed by atoms with van der Waals surface area (Å²) in [6, 6.07) is 12.0. The van der Waals surface area contributed by atoms with Crippen LogP contribution in [-0.2, 0) is 16.0 Å². The number of rotatable bonds is 6. The predicted molar refractivity (Wildman–Crippen MR) is 101 cm³/mol. The molecule has 2 heterocycles. The van der Waals surface area contributed by atoms with Crippen LogP contribution in [0.3, 0.4) is 0 Å². The molecule has 1 aliphatic heterocycles. The van der Waals surface area contributed by atoms with E-state index in [1.165, 1.54) is 0 Å². The van der Waals surface area contributed by atoms with Crippen LogP contribution in [0.1, 0.15) is 31.7 Å². The molecule has 0 aliphatic carbocycles. The molecule has 5 heteroatoms. The van der Waals surface area contributed by atoms with Gasteiger partial charge in [-0.15, -0.1) is 0 Å². The lowest BCUT2D eigenvalue weighted by molar-refractivity contribution is -0.132. The van der Waals surface area contributed by atoms with Crippen LogP contribution in [0, 0.1) is 5.41 Å². The normalized spacial score (nSPS) is 19.5. The van der Waals surface area contributed by atoms with Crippen molar-refractivity contribution in [1.29, 1.82) is 0 Å². The third-order valence-corrected chi connectivity index (χ3v) is 5.23. The van der Waals surface area contributed by atoms with Crippen molar-refractivity contribution < 1.29 is 9.59 Å². The molecular formula is C21H25N3O2. The van der Waals surface area contributed by atoms with Crippen LogP contribution in [0.5, 0.6) is 0 Å². The Hall–Kier alpha value is -2.69. The van der Waals surface area contributed by atoms with Crippen molar-refractivity contribution in [3.8, 4) is 11.1 Å². The van der Waals surface area contributed by atoms with Gasteiger partial charge in [-0.25, -0.2) is 0 Å². The van der Waals surface area contributed by atoms with Crippen LogP contribution in [0.2, 0.25) is 0 Å². The van der Waals surface area contributed by atoms with E-state index in [9.17, 15) is 9.59 Å². The van der Waals surface area contributed by atoms with Gasteiger partial charge in [0.05, 0.1) is 5.41 Å². The van der Waals surface area contributed by atoms with Gasteiger partial charge in [0, 0.05) is 31.9 Å². The Bertz CT molecular complexity index is 791. The largest absolute Gasteiger partial charge is 0.369 e. The molecule has 2 aromatic rings. The lowest BCUT2D eigenvalue weighted by atomic mass is 9.78. The molecule has 0 spiro atoms. The maximum Gasteiger partial charge on any atom is 0.225 e. The zero-order valence-corrected chi connectivity index (χ0v) is 15.1. The summed E-state index contributed by atoms with van der Waals surface area (Å²) in [4.78, 5) is 30.5. The van der Waals surface area contributed by atoms with E-state index >= 15 is 0 Å². The van der Waals surface area contributed by atoms with Gasteiger partial charge in [0.2, 0.25) is 11.8 Å². The van der Waals surface area contributed by atoms with Crippen molar-refractivity contribution >= 4 is 11.8 Å². The van der Waals surface area contributed by atoms with E-state index < -0.39 is 5.41 Å². The summed E-state index contributed by atoms with van der Waals surface area (Å²) in [5.74, 6) is -0.216. The molecular weight excluding hydrogens is 326 g/mol. The summed E-state index contributed by atoms with van der Waals surface area (Å²) in [6.45, 7) is 2.99. The molecule has 1 saturated heterocycles. The van der Waals surface area contributed by atoms with Gasteiger partial charge in [0.15, 0.2) is 0 Å². The summed E-state index contributed by atoms with van der Waals surface area (Å²) < 4.78 is 0. The number of benzene rings is 1. The zero-order valence-electron chi connectivity index (χ0n) is 15.1. The van der Waals surface area contributed by atoms with E-state index in [-0.39, 0.29) is 11.8 Å². The summed E-state index contributed by atoms with van der Waals surface area (Å²) >= 11 is 0. The number of carbonyl (C=O) groups is 2. The minimum Gasteiger partial charge on any atom is -0.369 e. The second-order valence-electron chi connectivity index (χ2n) is 7.03.